The number of pyridine rings is 1. The third-order valence-corrected chi connectivity index (χ3v) is 4.74. The van der Waals surface area contributed by atoms with Gasteiger partial charge in [-0.2, -0.15) is 0 Å². The summed E-state index contributed by atoms with van der Waals surface area (Å²) in [6.45, 7) is 6.02. The summed E-state index contributed by atoms with van der Waals surface area (Å²) >= 11 is 6.04. The van der Waals surface area contributed by atoms with Gasteiger partial charge in [0.2, 0.25) is 0 Å². The number of fused-ring (bicyclic) bond motifs is 1. The molecule has 0 aromatic carbocycles. The second kappa shape index (κ2) is 6.32. The molecule has 0 N–H and O–H groups in total. The SMILES string of the molecule is CCc1cc(C(=O)N2CCCN3CCCC3C2)cc(Cl)n1. The molecule has 2 fully saturated rings. The van der Waals surface area contributed by atoms with Crippen molar-refractivity contribution >= 4 is 17.5 Å². The molecule has 0 spiro atoms. The van der Waals surface area contributed by atoms with E-state index in [0.717, 1.165) is 38.2 Å². The Morgan fingerprint density at radius 3 is 2.95 bits per heavy atom. The van der Waals surface area contributed by atoms with Crippen molar-refractivity contribution < 1.29 is 4.79 Å². The maximum Gasteiger partial charge on any atom is 0.254 e. The van der Waals surface area contributed by atoms with Crippen LogP contribution in [0.1, 0.15) is 42.2 Å². The molecule has 0 aliphatic carbocycles. The Bertz CT molecular complexity index is 534. The molecule has 0 bridgehead atoms. The smallest absolute Gasteiger partial charge is 0.254 e. The number of aromatic nitrogens is 1. The standard InChI is InChI=1S/C16H22ClN3O/c1-2-13-9-12(10-15(17)18-13)16(21)20-8-4-7-19-6-3-5-14(19)11-20/h9-10,14H,2-8,11H2,1H3. The van der Waals surface area contributed by atoms with E-state index < -0.39 is 0 Å². The summed E-state index contributed by atoms with van der Waals surface area (Å²) in [5.41, 5.74) is 1.56. The van der Waals surface area contributed by atoms with Gasteiger partial charge in [-0.3, -0.25) is 9.69 Å². The zero-order valence-corrected chi connectivity index (χ0v) is 13.3. The zero-order chi connectivity index (χ0) is 14.8. The molecular weight excluding hydrogens is 286 g/mol. The monoisotopic (exact) mass is 307 g/mol. The van der Waals surface area contributed by atoms with Gasteiger partial charge in [0, 0.05) is 36.9 Å². The number of hydrogen-bond donors (Lipinski definition) is 0. The number of aryl methyl sites for hydroxylation is 1. The van der Waals surface area contributed by atoms with Gasteiger partial charge < -0.3 is 4.90 Å². The van der Waals surface area contributed by atoms with E-state index in [1.54, 1.807) is 6.07 Å². The maximum absolute atomic E-state index is 12.8. The fourth-order valence-corrected chi connectivity index (χ4v) is 3.66. The minimum Gasteiger partial charge on any atom is -0.337 e. The maximum atomic E-state index is 12.8. The van der Waals surface area contributed by atoms with Crippen molar-refractivity contribution in [1.29, 1.82) is 0 Å². The lowest BCUT2D eigenvalue weighted by Crippen LogP contribution is -2.39. The van der Waals surface area contributed by atoms with Crippen LogP contribution in [0, 0.1) is 0 Å². The number of hydrogen-bond acceptors (Lipinski definition) is 3. The molecule has 1 aromatic rings. The highest BCUT2D eigenvalue weighted by atomic mass is 35.5. The molecule has 1 aromatic heterocycles. The number of rotatable bonds is 2. The van der Waals surface area contributed by atoms with Crippen LogP contribution in [0.5, 0.6) is 0 Å². The average Bonchev–Trinajstić information content (AvgIpc) is 2.83. The molecule has 3 rings (SSSR count). The first-order valence-corrected chi connectivity index (χ1v) is 8.25. The molecule has 21 heavy (non-hydrogen) atoms. The molecule has 1 unspecified atom stereocenters. The highest BCUT2D eigenvalue weighted by Crippen LogP contribution is 2.23. The van der Waals surface area contributed by atoms with Crippen molar-refractivity contribution in [3.63, 3.8) is 0 Å². The number of amides is 1. The van der Waals surface area contributed by atoms with Crippen molar-refractivity contribution in [2.45, 2.75) is 38.6 Å². The molecule has 2 saturated heterocycles. The van der Waals surface area contributed by atoms with Crippen molar-refractivity contribution in [1.82, 2.24) is 14.8 Å². The lowest BCUT2D eigenvalue weighted by molar-refractivity contribution is 0.0743. The first-order valence-electron chi connectivity index (χ1n) is 7.87. The van der Waals surface area contributed by atoms with Gasteiger partial charge in [0.1, 0.15) is 5.15 Å². The van der Waals surface area contributed by atoms with Crippen LogP contribution in [0.25, 0.3) is 0 Å². The topological polar surface area (TPSA) is 36.4 Å². The van der Waals surface area contributed by atoms with Crippen LogP contribution in [0.2, 0.25) is 5.15 Å². The van der Waals surface area contributed by atoms with Crippen molar-refractivity contribution in [2.75, 3.05) is 26.2 Å². The van der Waals surface area contributed by atoms with Gasteiger partial charge in [0.25, 0.3) is 5.91 Å². The summed E-state index contributed by atoms with van der Waals surface area (Å²) in [6.07, 6.45) is 4.31. The van der Waals surface area contributed by atoms with E-state index in [1.807, 2.05) is 17.9 Å². The lowest BCUT2D eigenvalue weighted by Gasteiger charge is -2.25. The van der Waals surface area contributed by atoms with Gasteiger partial charge in [-0.15, -0.1) is 0 Å². The number of nitrogens with zero attached hydrogens (tertiary/aromatic N) is 3. The molecule has 1 amide bonds. The van der Waals surface area contributed by atoms with Gasteiger partial charge >= 0.3 is 0 Å². The number of halogens is 1. The molecule has 0 radical (unpaired) electrons. The fraction of sp³-hybridized carbons (Fsp3) is 0.625. The number of carbonyl (C=O) groups excluding carboxylic acids is 1. The van der Waals surface area contributed by atoms with Crippen LogP contribution in [0.15, 0.2) is 12.1 Å². The molecule has 3 heterocycles. The van der Waals surface area contributed by atoms with Crippen LogP contribution in [0.3, 0.4) is 0 Å². The number of carbonyl (C=O) groups is 1. The quantitative estimate of drug-likeness (QED) is 0.788. The molecule has 2 aliphatic rings. The summed E-state index contributed by atoms with van der Waals surface area (Å²) in [4.78, 5) is 21.6. The summed E-state index contributed by atoms with van der Waals surface area (Å²) < 4.78 is 0. The second-order valence-electron chi connectivity index (χ2n) is 5.96. The fourth-order valence-electron chi connectivity index (χ4n) is 3.43. The molecule has 114 valence electrons. The summed E-state index contributed by atoms with van der Waals surface area (Å²) in [7, 11) is 0. The van der Waals surface area contributed by atoms with Gasteiger partial charge in [-0.1, -0.05) is 18.5 Å². The zero-order valence-electron chi connectivity index (χ0n) is 12.5. The lowest BCUT2D eigenvalue weighted by atomic mass is 10.1. The largest absolute Gasteiger partial charge is 0.337 e. The van der Waals surface area contributed by atoms with E-state index in [0.29, 0.717) is 16.8 Å². The van der Waals surface area contributed by atoms with E-state index in [9.17, 15) is 4.79 Å². The Hall–Kier alpha value is -1.13. The average molecular weight is 308 g/mol. The highest BCUT2D eigenvalue weighted by Gasteiger charge is 2.30. The van der Waals surface area contributed by atoms with E-state index in [2.05, 4.69) is 9.88 Å². The minimum absolute atomic E-state index is 0.0998. The Morgan fingerprint density at radius 2 is 2.14 bits per heavy atom. The Kier molecular flexibility index (Phi) is 4.45. The van der Waals surface area contributed by atoms with Crippen LogP contribution >= 0.6 is 11.6 Å². The summed E-state index contributed by atoms with van der Waals surface area (Å²) in [5, 5.41) is 0.412. The van der Waals surface area contributed by atoms with Gasteiger partial charge in [0.15, 0.2) is 0 Å². The van der Waals surface area contributed by atoms with Crippen molar-refractivity contribution in [3.8, 4) is 0 Å². The van der Waals surface area contributed by atoms with Gasteiger partial charge in [-0.05, 0) is 44.4 Å². The van der Waals surface area contributed by atoms with Crippen LogP contribution in [-0.2, 0) is 6.42 Å². The van der Waals surface area contributed by atoms with Crippen LogP contribution in [-0.4, -0.2) is 52.9 Å². The van der Waals surface area contributed by atoms with Gasteiger partial charge in [-0.25, -0.2) is 4.98 Å². The highest BCUT2D eigenvalue weighted by molar-refractivity contribution is 6.29. The molecule has 0 saturated carbocycles. The van der Waals surface area contributed by atoms with Crippen molar-refractivity contribution in [3.05, 3.63) is 28.5 Å². The van der Waals surface area contributed by atoms with Crippen LogP contribution in [0.4, 0.5) is 0 Å². The predicted octanol–water partition coefficient (Wildman–Crippen LogP) is 2.61. The molecule has 2 aliphatic heterocycles. The molecular formula is C16H22ClN3O. The Balaban J connectivity index is 1.79. The Labute approximate surface area is 131 Å². The van der Waals surface area contributed by atoms with E-state index >= 15 is 0 Å². The normalized spacial score (nSPS) is 23.0. The molecule has 1 atom stereocenters. The third kappa shape index (κ3) is 3.22. The second-order valence-corrected chi connectivity index (χ2v) is 6.35. The van der Waals surface area contributed by atoms with E-state index in [-0.39, 0.29) is 5.91 Å². The first kappa shape index (κ1) is 14.8. The third-order valence-electron chi connectivity index (χ3n) is 4.55. The van der Waals surface area contributed by atoms with E-state index in [4.69, 9.17) is 11.6 Å². The van der Waals surface area contributed by atoms with E-state index in [1.165, 1.54) is 19.4 Å². The first-order chi connectivity index (χ1) is 10.2. The van der Waals surface area contributed by atoms with Crippen LogP contribution < -0.4 is 0 Å². The van der Waals surface area contributed by atoms with Crippen molar-refractivity contribution in [2.24, 2.45) is 0 Å². The predicted molar refractivity (Wildman–Crippen MR) is 83.7 cm³/mol. The van der Waals surface area contributed by atoms with Gasteiger partial charge in [0.05, 0.1) is 0 Å². The Morgan fingerprint density at radius 1 is 1.33 bits per heavy atom. The summed E-state index contributed by atoms with van der Waals surface area (Å²) in [6, 6.07) is 4.12. The molecule has 4 nitrogen and oxygen atoms in total. The minimum atomic E-state index is 0.0998. The molecule has 5 heteroatoms. The summed E-state index contributed by atoms with van der Waals surface area (Å²) in [5.74, 6) is 0.0998.